The number of hydrogen-bond donors (Lipinski definition) is 1. The number of carbonyl (C=O) groups excluding carboxylic acids is 1. The molecule has 2 rings (SSSR count). The third-order valence-corrected chi connectivity index (χ3v) is 4.81. The van der Waals surface area contributed by atoms with Crippen molar-refractivity contribution in [3.8, 4) is 0 Å². The Morgan fingerprint density at radius 1 is 0.962 bits per heavy atom. The van der Waals surface area contributed by atoms with E-state index in [0.717, 1.165) is 17.5 Å². The van der Waals surface area contributed by atoms with Gasteiger partial charge in [0.05, 0.1) is 5.41 Å². The zero-order valence-electron chi connectivity index (χ0n) is 16.8. The Morgan fingerprint density at radius 3 is 1.65 bits per heavy atom. The Morgan fingerprint density at radius 2 is 1.35 bits per heavy atom. The molecule has 3 heteroatoms. The molecule has 0 fully saturated rings. The van der Waals surface area contributed by atoms with Gasteiger partial charge in [-0.2, -0.15) is 0 Å². The van der Waals surface area contributed by atoms with Gasteiger partial charge in [0.25, 0.3) is 0 Å². The minimum Gasteiger partial charge on any atom is -0.397 e. The first-order valence-corrected chi connectivity index (χ1v) is 9.35. The summed E-state index contributed by atoms with van der Waals surface area (Å²) in [6, 6.07) is 20.7. The van der Waals surface area contributed by atoms with E-state index in [2.05, 4.69) is 50.2 Å². The van der Waals surface area contributed by atoms with Crippen molar-refractivity contribution in [3.63, 3.8) is 0 Å². The molecule has 0 aromatic heterocycles. The lowest BCUT2D eigenvalue weighted by Gasteiger charge is -2.37. The Labute approximate surface area is 158 Å². The second kappa shape index (κ2) is 10.9. The molecular weight excluding hydrogens is 322 g/mol. The van der Waals surface area contributed by atoms with Gasteiger partial charge in [-0.25, -0.2) is 0 Å². The van der Waals surface area contributed by atoms with Crippen molar-refractivity contribution in [2.75, 3.05) is 20.7 Å². The fourth-order valence-electron chi connectivity index (χ4n) is 3.21. The maximum absolute atomic E-state index is 13.2. The highest BCUT2D eigenvalue weighted by Gasteiger charge is 2.41. The average molecular weight is 356 g/mol. The first-order valence-electron chi connectivity index (χ1n) is 9.35. The van der Waals surface area contributed by atoms with Gasteiger partial charge in [0.15, 0.2) is 0 Å². The molecule has 3 nitrogen and oxygen atoms in total. The van der Waals surface area contributed by atoms with Crippen LogP contribution in [0.4, 0.5) is 0 Å². The minimum absolute atomic E-state index is 0.250. The quantitative estimate of drug-likeness (QED) is 0.805. The zero-order valence-corrected chi connectivity index (χ0v) is 16.8. The summed E-state index contributed by atoms with van der Waals surface area (Å²) in [5, 5.41) is 7.57. The van der Waals surface area contributed by atoms with E-state index in [9.17, 15) is 4.79 Å². The SMILES string of the molecule is CCC(=O)C(CC(C)N(C)C)(c1ccccc1)c1ccccc1.CCO. The van der Waals surface area contributed by atoms with E-state index < -0.39 is 5.41 Å². The van der Waals surface area contributed by atoms with Crippen LogP contribution < -0.4 is 0 Å². The molecule has 0 heterocycles. The Balaban J connectivity index is 0.00000105. The summed E-state index contributed by atoms with van der Waals surface area (Å²) in [5.74, 6) is 0.281. The molecule has 0 radical (unpaired) electrons. The topological polar surface area (TPSA) is 40.5 Å². The van der Waals surface area contributed by atoms with Gasteiger partial charge in [-0.05, 0) is 45.5 Å². The number of aliphatic hydroxyl groups excluding tert-OH is 1. The highest BCUT2D eigenvalue weighted by molar-refractivity contribution is 5.93. The van der Waals surface area contributed by atoms with Crippen molar-refractivity contribution >= 4 is 5.78 Å². The number of hydrogen-bond acceptors (Lipinski definition) is 3. The van der Waals surface area contributed by atoms with Crippen LogP contribution in [-0.4, -0.2) is 42.5 Å². The fourth-order valence-corrected chi connectivity index (χ4v) is 3.21. The predicted octanol–water partition coefficient (Wildman–Crippen LogP) is 4.29. The Bertz CT molecular complexity index is 598. The summed E-state index contributed by atoms with van der Waals surface area (Å²) in [6.45, 7) is 6.08. The molecule has 2 aromatic carbocycles. The number of Topliss-reactive ketones (excluding diaryl/α,β-unsaturated/α-hetero) is 1. The second-order valence-electron chi connectivity index (χ2n) is 6.75. The van der Waals surface area contributed by atoms with Gasteiger partial charge in [0, 0.05) is 19.1 Å². The van der Waals surface area contributed by atoms with Crippen LogP contribution in [0.15, 0.2) is 60.7 Å². The number of ketones is 1. The number of carbonyl (C=O) groups is 1. The van der Waals surface area contributed by atoms with Crippen LogP contribution in [-0.2, 0) is 10.2 Å². The molecule has 1 atom stereocenters. The largest absolute Gasteiger partial charge is 0.397 e. The molecule has 0 bridgehead atoms. The van der Waals surface area contributed by atoms with Crippen LogP contribution in [0.5, 0.6) is 0 Å². The van der Waals surface area contributed by atoms with E-state index >= 15 is 0 Å². The van der Waals surface area contributed by atoms with Crippen molar-refractivity contribution < 1.29 is 9.90 Å². The molecule has 0 aliphatic rings. The summed E-state index contributed by atoms with van der Waals surface area (Å²) >= 11 is 0. The third-order valence-electron chi connectivity index (χ3n) is 4.81. The Hall–Kier alpha value is -1.97. The smallest absolute Gasteiger partial charge is 0.147 e. The van der Waals surface area contributed by atoms with Crippen LogP contribution in [0.1, 0.15) is 44.7 Å². The molecule has 1 N–H and O–H groups in total. The molecule has 0 amide bonds. The number of nitrogens with zero attached hydrogens (tertiary/aromatic N) is 1. The molecule has 0 aliphatic heterocycles. The summed E-state index contributed by atoms with van der Waals surface area (Å²) in [6.07, 6.45) is 1.31. The van der Waals surface area contributed by atoms with Crippen molar-refractivity contribution in [1.29, 1.82) is 0 Å². The molecule has 142 valence electrons. The van der Waals surface area contributed by atoms with Crippen molar-refractivity contribution in [2.24, 2.45) is 0 Å². The zero-order chi connectivity index (χ0) is 19.6. The summed E-state index contributed by atoms with van der Waals surface area (Å²) in [5.41, 5.74) is 1.60. The normalized spacial score (nSPS) is 12.3. The molecule has 26 heavy (non-hydrogen) atoms. The maximum atomic E-state index is 13.2. The highest BCUT2D eigenvalue weighted by atomic mass is 16.2. The molecule has 0 saturated heterocycles. The van der Waals surface area contributed by atoms with Gasteiger partial charge >= 0.3 is 0 Å². The standard InChI is InChI=1S/C21H27NO.C2H6O/c1-5-20(23)21(16-17(2)22(3)4,18-12-8-6-9-13-18)19-14-10-7-11-15-19;1-2-3/h6-15,17H,5,16H2,1-4H3;3H,2H2,1H3. The van der Waals surface area contributed by atoms with Crippen LogP contribution in [0.3, 0.4) is 0 Å². The lowest BCUT2D eigenvalue weighted by atomic mass is 9.67. The van der Waals surface area contributed by atoms with E-state index in [1.54, 1.807) is 6.92 Å². The van der Waals surface area contributed by atoms with E-state index in [0.29, 0.717) is 12.5 Å². The number of rotatable bonds is 7. The molecular formula is C23H33NO2. The summed E-state index contributed by atoms with van der Waals surface area (Å²) in [4.78, 5) is 15.4. The lowest BCUT2D eigenvalue weighted by molar-refractivity contribution is -0.123. The summed E-state index contributed by atoms with van der Waals surface area (Å²) < 4.78 is 0. The monoisotopic (exact) mass is 355 g/mol. The van der Waals surface area contributed by atoms with Gasteiger partial charge in [-0.15, -0.1) is 0 Å². The van der Waals surface area contributed by atoms with Gasteiger partial charge in [0.2, 0.25) is 0 Å². The van der Waals surface area contributed by atoms with Crippen LogP contribution >= 0.6 is 0 Å². The molecule has 0 spiro atoms. The third kappa shape index (κ3) is 5.26. The van der Waals surface area contributed by atoms with Crippen LogP contribution in [0.25, 0.3) is 0 Å². The maximum Gasteiger partial charge on any atom is 0.147 e. The predicted molar refractivity (Wildman–Crippen MR) is 109 cm³/mol. The van der Waals surface area contributed by atoms with E-state index in [4.69, 9.17) is 5.11 Å². The van der Waals surface area contributed by atoms with Crippen LogP contribution in [0, 0.1) is 0 Å². The first kappa shape index (κ1) is 22.1. The minimum atomic E-state index is -0.582. The van der Waals surface area contributed by atoms with E-state index in [1.807, 2.05) is 43.3 Å². The summed E-state index contributed by atoms with van der Waals surface area (Å²) in [7, 11) is 4.14. The van der Waals surface area contributed by atoms with E-state index in [1.165, 1.54) is 0 Å². The molecule has 0 saturated carbocycles. The first-order chi connectivity index (χ1) is 12.4. The van der Waals surface area contributed by atoms with E-state index in [-0.39, 0.29) is 12.4 Å². The lowest BCUT2D eigenvalue weighted by Crippen LogP contribution is -2.42. The van der Waals surface area contributed by atoms with Crippen molar-refractivity contribution in [3.05, 3.63) is 71.8 Å². The molecule has 0 aliphatic carbocycles. The molecule has 1 unspecified atom stereocenters. The van der Waals surface area contributed by atoms with Gasteiger partial charge in [0.1, 0.15) is 5.78 Å². The van der Waals surface area contributed by atoms with Gasteiger partial charge in [-0.1, -0.05) is 67.6 Å². The fraction of sp³-hybridized carbons (Fsp3) is 0.435. The van der Waals surface area contributed by atoms with Gasteiger partial charge < -0.3 is 10.0 Å². The van der Waals surface area contributed by atoms with Crippen LogP contribution in [0.2, 0.25) is 0 Å². The van der Waals surface area contributed by atoms with Crippen molar-refractivity contribution in [1.82, 2.24) is 4.90 Å². The number of benzene rings is 2. The molecule has 2 aromatic rings. The number of aliphatic hydroxyl groups is 1. The Kier molecular flexibility index (Phi) is 9.25. The second-order valence-corrected chi connectivity index (χ2v) is 6.75. The average Bonchev–Trinajstić information content (AvgIpc) is 2.67. The highest BCUT2D eigenvalue weighted by Crippen LogP contribution is 2.39. The van der Waals surface area contributed by atoms with Crippen molar-refractivity contribution in [2.45, 2.75) is 45.1 Å². The van der Waals surface area contributed by atoms with Gasteiger partial charge in [-0.3, -0.25) is 4.79 Å².